The van der Waals surface area contributed by atoms with E-state index in [4.69, 9.17) is 0 Å². The maximum absolute atomic E-state index is 13.6. The summed E-state index contributed by atoms with van der Waals surface area (Å²) in [5.74, 6) is -2.16. The van der Waals surface area contributed by atoms with Gasteiger partial charge in [-0.3, -0.25) is 4.79 Å². The molecule has 0 radical (unpaired) electrons. The maximum Gasteiger partial charge on any atom is 0.254 e. The van der Waals surface area contributed by atoms with Crippen LogP contribution in [0.25, 0.3) is 0 Å². The molecule has 0 saturated heterocycles. The first-order chi connectivity index (χ1) is 8.99. The Morgan fingerprint density at radius 2 is 1.95 bits per heavy atom. The molecular formula is C14H17F2NO2. The number of hydrogen-bond acceptors (Lipinski definition) is 2. The highest BCUT2D eigenvalue weighted by atomic mass is 19.1. The molecule has 0 bridgehead atoms. The first kappa shape index (κ1) is 13.9. The summed E-state index contributed by atoms with van der Waals surface area (Å²) < 4.78 is 26.7. The molecule has 0 heterocycles. The lowest BCUT2D eigenvalue weighted by molar-refractivity contribution is 0.0714. The summed E-state index contributed by atoms with van der Waals surface area (Å²) in [6.45, 7) is 1.47. The van der Waals surface area contributed by atoms with Crippen molar-refractivity contribution in [3.05, 3.63) is 34.9 Å². The lowest BCUT2D eigenvalue weighted by Gasteiger charge is -2.28. The zero-order valence-electron chi connectivity index (χ0n) is 10.7. The Kier molecular flexibility index (Phi) is 4.14. The van der Waals surface area contributed by atoms with E-state index in [0.717, 1.165) is 12.8 Å². The predicted molar refractivity (Wildman–Crippen MR) is 66.8 cm³/mol. The van der Waals surface area contributed by atoms with Crippen molar-refractivity contribution in [1.82, 2.24) is 5.32 Å². The number of aliphatic hydroxyl groups excluding tert-OH is 1. The number of carbonyl (C=O) groups excluding carboxylic acids is 1. The van der Waals surface area contributed by atoms with Gasteiger partial charge in [-0.1, -0.05) is 12.8 Å². The monoisotopic (exact) mass is 269 g/mol. The number of rotatable bonds is 2. The van der Waals surface area contributed by atoms with E-state index in [1.54, 1.807) is 0 Å². The van der Waals surface area contributed by atoms with Crippen molar-refractivity contribution in [2.75, 3.05) is 0 Å². The Morgan fingerprint density at radius 3 is 2.63 bits per heavy atom. The van der Waals surface area contributed by atoms with Gasteiger partial charge in [-0.25, -0.2) is 8.78 Å². The molecule has 1 aliphatic carbocycles. The zero-order chi connectivity index (χ0) is 14.0. The third-order valence-electron chi connectivity index (χ3n) is 3.54. The average molecular weight is 269 g/mol. The second-order valence-electron chi connectivity index (χ2n) is 5.01. The second kappa shape index (κ2) is 5.65. The predicted octanol–water partition coefficient (Wildman–Crippen LogP) is 2.31. The Morgan fingerprint density at radius 1 is 1.26 bits per heavy atom. The van der Waals surface area contributed by atoms with Crippen LogP contribution in [0.5, 0.6) is 0 Å². The van der Waals surface area contributed by atoms with Gasteiger partial charge in [0.05, 0.1) is 17.7 Å². The van der Waals surface area contributed by atoms with Gasteiger partial charge in [-0.2, -0.15) is 0 Å². The molecule has 104 valence electrons. The molecule has 1 saturated carbocycles. The summed E-state index contributed by atoms with van der Waals surface area (Å²) in [7, 11) is 0. The van der Waals surface area contributed by atoms with Gasteiger partial charge < -0.3 is 10.4 Å². The topological polar surface area (TPSA) is 49.3 Å². The van der Waals surface area contributed by atoms with Gasteiger partial charge in [-0.15, -0.1) is 0 Å². The van der Waals surface area contributed by atoms with Crippen LogP contribution in [0.4, 0.5) is 8.78 Å². The van der Waals surface area contributed by atoms with Gasteiger partial charge in [0.25, 0.3) is 5.91 Å². The molecule has 5 heteroatoms. The smallest absolute Gasteiger partial charge is 0.254 e. The van der Waals surface area contributed by atoms with E-state index in [0.29, 0.717) is 18.9 Å². The van der Waals surface area contributed by atoms with Gasteiger partial charge in [0.2, 0.25) is 0 Å². The largest absolute Gasteiger partial charge is 0.391 e. The fraction of sp³-hybridized carbons (Fsp3) is 0.500. The number of halogens is 2. The summed E-state index contributed by atoms with van der Waals surface area (Å²) in [6, 6.07) is 1.54. The number of nitrogens with one attached hydrogen (secondary N) is 1. The summed E-state index contributed by atoms with van der Waals surface area (Å²) in [5.41, 5.74) is 0.0346. The molecule has 19 heavy (non-hydrogen) atoms. The third-order valence-corrected chi connectivity index (χ3v) is 3.54. The Hall–Kier alpha value is -1.49. The van der Waals surface area contributed by atoms with Gasteiger partial charge in [0, 0.05) is 6.07 Å². The Labute approximate surface area is 110 Å². The van der Waals surface area contributed by atoms with E-state index in [1.165, 1.54) is 13.0 Å². The third kappa shape index (κ3) is 3.10. The molecule has 1 aromatic carbocycles. The highest BCUT2D eigenvalue weighted by Gasteiger charge is 2.26. The van der Waals surface area contributed by atoms with E-state index in [-0.39, 0.29) is 17.2 Å². The molecule has 0 aromatic heterocycles. The van der Waals surface area contributed by atoms with Crippen LogP contribution in [0.2, 0.25) is 0 Å². The minimum atomic E-state index is -0.883. The van der Waals surface area contributed by atoms with Crippen LogP contribution in [0, 0.1) is 18.6 Å². The van der Waals surface area contributed by atoms with Crippen LogP contribution in [0.15, 0.2) is 12.1 Å². The van der Waals surface area contributed by atoms with Crippen molar-refractivity contribution < 1.29 is 18.7 Å². The maximum atomic E-state index is 13.6. The molecule has 2 atom stereocenters. The molecule has 1 amide bonds. The molecular weight excluding hydrogens is 252 g/mol. The molecule has 0 unspecified atom stereocenters. The van der Waals surface area contributed by atoms with Crippen LogP contribution in [0.3, 0.4) is 0 Å². The van der Waals surface area contributed by atoms with Crippen molar-refractivity contribution in [2.45, 2.75) is 44.8 Å². The minimum Gasteiger partial charge on any atom is -0.391 e. The van der Waals surface area contributed by atoms with Crippen LogP contribution in [0.1, 0.15) is 41.6 Å². The molecule has 3 nitrogen and oxygen atoms in total. The summed E-state index contributed by atoms with van der Waals surface area (Å²) in [4.78, 5) is 12.0. The fourth-order valence-corrected chi connectivity index (χ4v) is 2.36. The number of hydrogen-bond donors (Lipinski definition) is 2. The lowest BCUT2D eigenvalue weighted by Crippen LogP contribution is -2.45. The minimum absolute atomic E-state index is 0.184. The number of benzene rings is 1. The van der Waals surface area contributed by atoms with Gasteiger partial charge in [-0.05, 0) is 31.4 Å². The number of amides is 1. The van der Waals surface area contributed by atoms with Crippen molar-refractivity contribution in [2.24, 2.45) is 0 Å². The molecule has 0 aliphatic heterocycles. The van der Waals surface area contributed by atoms with Crippen LogP contribution in [-0.2, 0) is 0 Å². The molecule has 1 aliphatic rings. The van der Waals surface area contributed by atoms with E-state index >= 15 is 0 Å². The molecule has 0 spiro atoms. The van der Waals surface area contributed by atoms with Crippen molar-refractivity contribution in [3.63, 3.8) is 0 Å². The second-order valence-corrected chi connectivity index (χ2v) is 5.01. The number of aryl methyl sites for hydroxylation is 1. The molecule has 1 fully saturated rings. The van der Waals surface area contributed by atoms with Crippen LogP contribution >= 0.6 is 0 Å². The first-order valence-electron chi connectivity index (χ1n) is 6.43. The summed E-state index contributed by atoms with van der Waals surface area (Å²) in [5, 5.41) is 12.4. The summed E-state index contributed by atoms with van der Waals surface area (Å²) in [6.07, 6.45) is 2.57. The quantitative estimate of drug-likeness (QED) is 0.865. The molecule has 2 rings (SSSR count). The van der Waals surface area contributed by atoms with Crippen molar-refractivity contribution in [1.29, 1.82) is 0 Å². The van der Waals surface area contributed by atoms with Gasteiger partial charge in [0.1, 0.15) is 11.6 Å². The lowest BCUT2D eigenvalue weighted by atomic mass is 9.92. The normalized spacial score (nSPS) is 23.2. The van der Waals surface area contributed by atoms with Crippen molar-refractivity contribution in [3.8, 4) is 0 Å². The highest BCUT2D eigenvalue weighted by Crippen LogP contribution is 2.20. The van der Waals surface area contributed by atoms with E-state index in [2.05, 4.69) is 5.32 Å². The SMILES string of the molecule is Cc1cc(C(=O)N[C@H]2CCCC[C@@H]2O)c(F)cc1F. The Balaban J connectivity index is 2.13. The van der Waals surface area contributed by atoms with Gasteiger partial charge >= 0.3 is 0 Å². The molecule has 1 aromatic rings. The zero-order valence-corrected chi connectivity index (χ0v) is 10.7. The standard InChI is InChI=1S/C14H17F2NO2/c1-8-6-9(11(16)7-10(8)15)14(19)17-12-4-2-3-5-13(12)18/h6-7,12-13,18H,2-5H2,1H3,(H,17,19)/t12-,13-/m0/s1. The summed E-state index contributed by atoms with van der Waals surface area (Å²) >= 11 is 0. The first-order valence-corrected chi connectivity index (χ1v) is 6.43. The van der Waals surface area contributed by atoms with E-state index in [9.17, 15) is 18.7 Å². The number of carbonyl (C=O) groups is 1. The number of aliphatic hydroxyl groups is 1. The average Bonchev–Trinajstić information content (AvgIpc) is 2.36. The van der Waals surface area contributed by atoms with Crippen LogP contribution in [-0.4, -0.2) is 23.2 Å². The molecule has 2 N–H and O–H groups in total. The van der Waals surface area contributed by atoms with E-state index in [1.807, 2.05) is 0 Å². The van der Waals surface area contributed by atoms with E-state index < -0.39 is 23.6 Å². The van der Waals surface area contributed by atoms with Crippen LogP contribution < -0.4 is 5.32 Å². The Bertz CT molecular complexity index is 491. The fourth-order valence-electron chi connectivity index (χ4n) is 2.36. The van der Waals surface area contributed by atoms with Crippen molar-refractivity contribution >= 4 is 5.91 Å². The highest BCUT2D eigenvalue weighted by molar-refractivity contribution is 5.94. The van der Waals surface area contributed by atoms with Gasteiger partial charge in [0.15, 0.2) is 0 Å².